The number of benzene rings is 1. The summed E-state index contributed by atoms with van der Waals surface area (Å²) in [6, 6.07) is 8.61. The fourth-order valence-electron chi connectivity index (χ4n) is 2.77. The molecule has 1 heterocycles. The number of ether oxygens (including phenoxy) is 1. The third kappa shape index (κ3) is 3.33. The van der Waals surface area contributed by atoms with Crippen molar-refractivity contribution >= 4 is 0 Å². The molecule has 1 aromatic rings. The second kappa shape index (κ2) is 6.35. The molecule has 1 fully saturated rings. The highest BCUT2D eigenvalue weighted by molar-refractivity contribution is 5.23. The van der Waals surface area contributed by atoms with Crippen molar-refractivity contribution in [2.75, 3.05) is 13.2 Å². The predicted octanol–water partition coefficient (Wildman–Crippen LogP) is 2.83. The highest BCUT2D eigenvalue weighted by atomic mass is 16.5. The molecule has 1 N–H and O–H groups in total. The zero-order valence-electron chi connectivity index (χ0n) is 11.4. The van der Waals surface area contributed by atoms with Crippen molar-refractivity contribution in [1.29, 1.82) is 0 Å². The van der Waals surface area contributed by atoms with Crippen LogP contribution in [0.25, 0.3) is 0 Å². The van der Waals surface area contributed by atoms with Crippen molar-refractivity contribution in [3.63, 3.8) is 0 Å². The van der Waals surface area contributed by atoms with Gasteiger partial charge < -0.3 is 9.84 Å². The molecule has 3 unspecified atom stereocenters. The van der Waals surface area contributed by atoms with Gasteiger partial charge in [0.05, 0.1) is 6.10 Å². The molecule has 0 aromatic heterocycles. The first-order valence-electron chi connectivity index (χ1n) is 7.04. The van der Waals surface area contributed by atoms with Gasteiger partial charge in [-0.2, -0.15) is 0 Å². The Bertz CT molecular complexity index is 358. The third-order valence-electron chi connectivity index (χ3n) is 4.08. The fourth-order valence-corrected chi connectivity index (χ4v) is 2.77. The Hall–Kier alpha value is -0.860. The Morgan fingerprint density at radius 2 is 1.94 bits per heavy atom. The molecule has 0 saturated carbocycles. The van der Waals surface area contributed by atoms with Crippen molar-refractivity contribution in [3.8, 4) is 0 Å². The standard InChI is InChI=1S/C16H24O2/c1-3-13-4-6-14(7-5-13)10-16(17)15-8-9-18-11-12(15)2/h4-7,12,15-17H,3,8-11H2,1-2H3. The maximum Gasteiger partial charge on any atom is 0.0612 e. The minimum absolute atomic E-state index is 0.239. The SMILES string of the molecule is CCc1ccc(CC(O)C2CCOCC2C)cc1. The predicted molar refractivity (Wildman–Crippen MR) is 73.6 cm³/mol. The van der Waals surface area contributed by atoms with Crippen molar-refractivity contribution in [3.05, 3.63) is 35.4 Å². The summed E-state index contributed by atoms with van der Waals surface area (Å²) in [6.45, 7) is 5.91. The van der Waals surface area contributed by atoms with E-state index < -0.39 is 0 Å². The number of aryl methyl sites for hydroxylation is 1. The minimum Gasteiger partial charge on any atom is -0.392 e. The summed E-state index contributed by atoms with van der Waals surface area (Å²) >= 11 is 0. The minimum atomic E-state index is -0.239. The zero-order valence-corrected chi connectivity index (χ0v) is 11.4. The van der Waals surface area contributed by atoms with E-state index >= 15 is 0 Å². The van der Waals surface area contributed by atoms with Gasteiger partial charge in [0.15, 0.2) is 0 Å². The summed E-state index contributed by atoms with van der Waals surface area (Å²) in [5.74, 6) is 0.841. The monoisotopic (exact) mass is 248 g/mol. The van der Waals surface area contributed by atoms with E-state index in [4.69, 9.17) is 4.74 Å². The van der Waals surface area contributed by atoms with Crippen molar-refractivity contribution in [2.45, 2.75) is 39.2 Å². The second-order valence-corrected chi connectivity index (χ2v) is 5.45. The van der Waals surface area contributed by atoms with Crippen LogP contribution in [-0.2, 0) is 17.6 Å². The highest BCUT2D eigenvalue weighted by Gasteiger charge is 2.28. The summed E-state index contributed by atoms with van der Waals surface area (Å²) in [6.07, 6.45) is 2.57. The van der Waals surface area contributed by atoms with Gasteiger partial charge in [-0.1, -0.05) is 38.1 Å². The van der Waals surface area contributed by atoms with Gasteiger partial charge in [-0.15, -0.1) is 0 Å². The van der Waals surface area contributed by atoms with Crippen LogP contribution < -0.4 is 0 Å². The molecule has 0 aliphatic carbocycles. The van der Waals surface area contributed by atoms with Crippen LogP contribution in [0.3, 0.4) is 0 Å². The quantitative estimate of drug-likeness (QED) is 0.888. The number of aliphatic hydroxyl groups is 1. The first-order valence-corrected chi connectivity index (χ1v) is 7.04. The molecule has 100 valence electrons. The summed E-state index contributed by atoms with van der Waals surface area (Å²) in [7, 11) is 0. The molecule has 3 atom stereocenters. The summed E-state index contributed by atoms with van der Waals surface area (Å²) < 4.78 is 5.43. The maximum absolute atomic E-state index is 10.4. The molecule has 2 rings (SSSR count). The second-order valence-electron chi connectivity index (χ2n) is 5.45. The van der Waals surface area contributed by atoms with Crippen molar-refractivity contribution < 1.29 is 9.84 Å². The van der Waals surface area contributed by atoms with Crippen LogP contribution in [-0.4, -0.2) is 24.4 Å². The van der Waals surface area contributed by atoms with Crippen molar-refractivity contribution in [1.82, 2.24) is 0 Å². The van der Waals surface area contributed by atoms with Gasteiger partial charge in [0.2, 0.25) is 0 Å². The van der Waals surface area contributed by atoms with Crippen LogP contribution >= 0.6 is 0 Å². The molecule has 2 nitrogen and oxygen atoms in total. The van der Waals surface area contributed by atoms with Gasteiger partial charge in [-0.3, -0.25) is 0 Å². The summed E-state index contributed by atoms with van der Waals surface area (Å²) in [4.78, 5) is 0. The van der Waals surface area contributed by atoms with Gasteiger partial charge in [0, 0.05) is 13.2 Å². The molecule has 1 aromatic carbocycles. The first kappa shape index (κ1) is 13.6. The summed E-state index contributed by atoms with van der Waals surface area (Å²) in [5.41, 5.74) is 2.59. The molecular formula is C16H24O2. The fraction of sp³-hybridized carbons (Fsp3) is 0.625. The van der Waals surface area contributed by atoms with Gasteiger partial charge in [0.1, 0.15) is 0 Å². The Balaban J connectivity index is 1.94. The van der Waals surface area contributed by atoms with E-state index in [1.807, 2.05) is 0 Å². The molecule has 1 aliphatic heterocycles. The number of aliphatic hydroxyl groups excluding tert-OH is 1. The third-order valence-corrected chi connectivity index (χ3v) is 4.08. The lowest BCUT2D eigenvalue weighted by molar-refractivity contribution is -0.0294. The van der Waals surface area contributed by atoms with Crippen LogP contribution in [0.1, 0.15) is 31.4 Å². The molecular weight excluding hydrogens is 224 g/mol. The average molecular weight is 248 g/mol. The lowest BCUT2D eigenvalue weighted by Gasteiger charge is -2.32. The molecule has 0 spiro atoms. The molecule has 0 radical (unpaired) electrons. The molecule has 0 amide bonds. The van der Waals surface area contributed by atoms with Crippen LogP contribution in [0.15, 0.2) is 24.3 Å². The Morgan fingerprint density at radius 3 is 2.56 bits per heavy atom. The number of hydrogen-bond acceptors (Lipinski definition) is 2. The average Bonchev–Trinajstić information content (AvgIpc) is 2.40. The topological polar surface area (TPSA) is 29.5 Å². The van der Waals surface area contributed by atoms with E-state index in [2.05, 4.69) is 38.1 Å². The van der Waals surface area contributed by atoms with Crippen LogP contribution in [0, 0.1) is 11.8 Å². The number of hydrogen-bond donors (Lipinski definition) is 1. The van der Waals surface area contributed by atoms with E-state index in [0.717, 1.165) is 32.5 Å². The zero-order chi connectivity index (χ0) is 13.0. The molecule has 0 bridgehead atoms. The Kier molecular flexibility index (Phi) is 4.79. The molecule has 18 heavy (non-hydrogen) atoms. The van der Waals surface area contributed by atoms with Gasteiger partial charge in [0.25, 0.3) is 0 Å². The van der Waals surface area contributed by atoms with Gasteiger partial charge in [-0.25, -0.2) is 0 Å². The molecule has 2 heteroatoms. The highest BCUT2D eigenvalue weighted by Crippen LogP contribution is 2.26. The Morgan fingerprint density at radius 1 is 1.28 bits per heavy atom. The van der Waals surface area contributed by atoms with Crippen molar-refractivity contribution in [2.24, 2.45) is 11.8 Å². The van der Waals surface area contributed by atoms with E-state index in [1.165, 1.54) is 11.1 Å². The molecule has 1 aliphatic rings. The maximum atomic E-state index is 10.4. The van der Waals surface area contributed by atoms with E-state index in [1.54, 1.807) is 0 Å². The van der Waals surface area contributed by atoms with Gasteiger partial charge >= 0.3 is 0 Å². The lowest BCUT2D eigenvalue weighted by atomic mass is 9.83. The lowest BCUT2D eigenvalue weighted by Crippen LogP contribution is -2.35. The first-order chi connectivity index (χ1) is 8.70. The smallest absolute Gasteiger partial charge is 0.0612 e. The van der Waals surface area contributed by atoms with E-state index in [9.17, 15) is 5.11 Å². The Labute approximate surface area is 110 Å². The van der Waals surface area contributed by atoms with Crippen LogP contribution in [0.2, 0.25) is 0 Å². The summed E-state index contributed by atoms with van der Waals surface area (Å²) in [5, 5.41) is 10.4. The largest absolute Gasteiger partial charge is 0.392 e. The van der Waals surface area contributed by atoms with E-state index in [0.29, 0.717) is 11.8 Å². The molecule has 1 saturated heterocycles. The van der Waals surface area contributed by atoms with Crippen LogP contribution in [0.4, 0.5) is 0 Å². The number of rotatable bonds is 4. The normalized spacial score (nSPS) is 25.9. The van der Waals surface area contributed by atoms with Crippen LogP contribution in [0.5, 0.6) is 0 Å². The van der Waals surface area contributed by atoms with Gasteiger partial charge in [-0.05, 0) is 42.2 Å². The van der Waals surface area contributed by atoms with E-state index in [-0.39, 0.29) is 6.10 Å².